The van der Waals surface area contributed by atoms with Crippen LogP contribution in [0.1, 0.15) is 34.1 Å². The molecular weight excluding hydrogens is 200 g/mol. The van der Waals surface area contributed by atoms with Gasteiger partial charge < -0.3 is 15.0 Å². The zero-order chi connectivity index (χ0) is 12.2. The smallest absolute Gasteiger partial charge is 0.0860 e. The van der Waals surface area contributed by atoms with Gasteiger partial charge in [0.2, 0.25) is 0 Å². The summed E-state index contributed by atoms with van der Waals surface area (Å²) in [6.07, 6.45) is 1.50. The van der Waals surface area contributed by atoms with Gasteiger partial charge in [-0.25, -0.2) is 0 Å². The number of ether oxygens (including phenoxy) is 1. The predicted molar refractivity (Wildman–Crippen MR) is 68.8 cm³/mol. The van der Waals surface area contributed by atoms with Gasteiger partial charge in [0.15, 0.2) is 0 Å². The molecule has 1 rings (SSSR count). The summed E-state index contributed by atoms with van der Waals surface area (Å²) in [4.78, 5) is 2.36. The minimum absolute atomic E-state index is 0.248. The fraction of sp³-hybridized carbons (Fsp3) is 1.00. The van der Waals surface area contributed by atoms with E-state index in [0.717, 1.165) is 26.2 Å². The van der Waals surface area contributed by atoms with Crippen molar-refractivity contribution in [2.75, 3.05) is 33.3 Å². The first kappa shape index (κ1) is 13.9. The van der Waals surface area contributed by atoms with Crippen LogP contribution in [0.3, 0.4) is 0 Å². The lowest BCUT2D eigenvalue weighted by atomic mass is 9.82. The number of hydrogen-bond donors (Lipinski definition) is 1. The van der Waals surface area contributed by atoms with Gasteiger partial charge in [-0.1, -0.05) is 27.7 Å². The third kappa shape index (κ3) is 4.04. The molecule has 0 spiro atoms. The molecule has 1 fully saturated rings. The minimum Gasteiger partial charge on any atom is -0.374 e. The maximum Gasteiger partial charge on any atom is 0.0860 e. The first-order valence-corrected chi connectivity index (χ1v) is 6.48. The highest BCUT2D eigenvalue weighted by atomic mass is 16.5. The highest BCUT2D eigenvalue weighted by Gasteiger charge is 2.34. The lowest BCUT2D eigenvalue weighted by molar-refractivity contribution is -0.0585. The van der Waals surface area contributed by atoms with Crippen LogP contribution in [0.15, 0.2) is 0 Å². The van der Waals surface area contributed by atoms with Crippen molar-refractivity contribution in [2.24, 2.45) is 5.41 Å². The molecule has 0 radical (unpaired) electrons. The van der Waals surface area contributed by atoms with Crippen molar-refractivity contribution in [3.63, 3.8) is 0 Å². The Balaban J connectivity index is 2.60. The number of nitrogens with one attached hydrogen (secondary N) is 1. The van der Waals surface area contributed by atoms with Crippen LogP contribution in [0.2, 0.25) is 0 Å². The molecule has 0 aromatic rings. The second-order valence-corrected chi connectivity index (χ2v) is 5.97. The van der Waals surface area contributed by atoms with E-state index in [1.54, 1.807) is 0 Å². The summed E-state index contributed by atoms with van der Waals surface area (Å²) in [6.45, 7) is 13.1. The molecule has 1 aliphatic heterocycles. The van der Waals surface area contributed by atoms with Crippen molar-refractivity contribution >= 4 is 0 Å². The summed E-state index contributed by atoms with van der Waals surface area (Å²) in [5.74, 6) is 0. The summed E-state index contributed by atoms with van der Waals surface area (Å²) >= 11 is 0. The van der Waals surface area contributed by atoms with Crippen molar-refractivity contribution in [2.45, 2.75) is 46.3 Å². The number of likely N-dealkylation sites (N-methyl/N-ethyl adjacent to an activating group) is 1. The molecular formula is C13H28N2O. The summed E-state index contributed by atoms with van der Waals surface area (Å²) in [5.41, 5.74) is 0.248. The molecule has 1 aliphatic rings. The molecule has 0 saturated carbocycles. The van der Waals surface area contributed by atoms with Crippen LogP contribution in [0.4, 0.5) is 0 Å². The highest BCUT2D eigenvalue weighted by molar-refractivity contribution is 4.90. The molecule has 1 heterocycles. The Kier molecular flexibility index (Phi) is 5.22. The van der Waals surface area contributed by atoms with Gasteiger partial charge in [0.05, 0.1) is 12.7 Å². The fourth-order valence-corrected chi connectivity index (χ4v) is 2.31. The third-order valence-electron chi connectivity index (χ3n) is 3.22. The topological polar surface area (TPSA) is 24.5 Å². The second kappa shape index (κ2) is 5.99. The van der Waals surface area contributed by atoms with Crippen LogP contribution in [0, 0.1) is 5.41 Å². The van der Waals surface area contributed by atoms with Gasteiger partial charge in [-0.3, -0.25) is 0 Å². The normalized spacial score (nSPS) is 25.7. The van der Waals surface area contributed by atoms with E-state index in [-0.39, 0.29) is 5.41 Å². The van der Waals surface area contributed by atoms with Gasteiger partial charge in [0, 0.05) is 19.1 Å². The summed E-state index contributed by atoms with van der Waals surface area (Å²) in [5, 5.41) is 3.65. The van der Waals surface area contributed by atoms with E-state index >= 15 is 0 Å². The largest absolute Gasteiger partial charge is 0.374 e. The van der Waals surface area contributed by atoms with Crippen molar-refractivity contribution in [3.8, 4) is 0 Å². The number of nitrogens with zero attached hydrogens (tertiary/aromatic N) is 1. The first-order valence-electron chi connectivity index (χ1n) is 6.48. The van der Waals surface area contributed by atoms with Crippen LogP contribution in [0.5, 0.6) is 0 Å². The zero-order valence-electron chi connectivity index (χ0n) is 11.5. The highest BCUT2D eigenvalue weighted by Crippen LogP contribution is 2.25. The second-order valence-electron chi connectivity index (χ2n) is 5.97. The minimum atomic E-state index is 0.248. The van der Waals surface area contributed by atoms with Crippen molar-refractivity contribution in [1.82, 2.24) is 10.2 Å². The molecule has 0 aromatic heterocycles. The van der Waals surface area contributed by atoms with Crippen LogP contribution in [-0.2, 0) is 4.74 Å². The Bertz CT molecular complexity index is 201. The molecule has 3 nitrogen and oxygen atoms in total. The average molecular weight is 228 g/mol. The third-order valence-corrected chi connectivity index (χ3v) is 3.22. The molecule has 16 heavy (non-hydrogen) atoms. The summed E-state index contributed by atoms with van der Waals surface area (Å²) < 4.78 is 5.93. The van der Waals surface area contributed by atoms with E-state index in [9.17, 15) is 0 Å². The molecule has 1 N–H and O–H groups in total. The van der Waals surface area contributed by atoms with Gasteiger partial charge in [-0.15, -0.1) is 0 Å². The van der Waals surface area contributed by atoms with Crippen LogP contribution < -0.4 is 5.32 Å². The Morgan fingerprint density at radius 3 is 2.62 bits per heavy atom. The van der Waals surface area contributed by atoms with Gasteiger partial charge in [0.1, 0.15) is 0 Å². The molecule has 2 atom stereocenters. The van der Waals surface area contributed by atoms with Gasteiger partial charge in [0.25, 0.3) is 0 Å². The quantitative estimate of drug-likeness (QED) is 0.793. The lowest BCUT2D eigenvalue weighted by Crippen LogP contribution is -2.56. The van der Waals surface area contributed by atoms with Crippen molar-refractivity contribution < 1.29 is 4.74 Å². The first-order chi connectivity index (χ1) is 7.45. The Hall–Kier alpha value is -0.120. The molecule has 1 saturated heterocycles. The van der Waals surface area contributed by atoms with E-state index in [2.05, 4.69) is 45.0 Å². The van der Waals surface area contributed by atoms with E-state index < -0.39 is 0 Å². The van der Waals surface area contributed by atoms with Crippen molar-refractivity contribution in [1.29, 1.82) is 0 Å². The van der Waals surface area contributed by atoms with Crippen LogP contribution in [-0.4, -0.2) is 50.3 Å². The summed E-state index contributed by atoms with van der Waals surface area (Å²) in [7, 11) is 2.18. The Morgan fingerprint density at radius 2 is 2.12 bits per heavy atom. The van der Waals surface area contributed by atoms with E-state index in [0.29, 0.717) is 12.1 Å². The predicted octanol–water partition coefficient (Wildman–Crippen LogP) is 1.73. The van der Waals surface area contributed by atoms with Gasteiger partial charge in [-0.2, -0.15) is 0 Å². The number of morpholine rings is 1. The Morgan fingerprint density at radius 1 is 1.44 bits per heavy atom. The summed E-state index contributed by atoms with van der Waals surface area (Å²) in [6, 6.07) is 0.440. The SMILES string of the molecule is CCCNC(C1CN(C)CCO1)C(C)(C)C. The molecule has 0 bridgehead atoms. The van der Waals surface area contributed by atoms with E-state index in [1.165, 1.54) is 6.42 Å². The molecule has 96 valence electrons. The fourth-order valence-electron chi connectivity index (χ4n) is 2.31. The molecule has 0 amide bonds. The van der Waals surface area contributed by atoms with E-state index in [4.69, 9.17) is 4.74 Å². The van der Waals surface area contributed by atoms with Gasteiger partial charge in [-0.05, 0) is 25.4 Å². The zero-order valence-corrected chi connectivity index (χ0v) is 11.5. The standard InChI is InChI=1S/C13H28N2O/c1-6-7-14-12(13(2,3)4)11-10-15(5)8-9-16-11/h11-12,14H,6-10H2,1-5H3. The molecule has 3 heteroatoms. The van der Waals surface area contributed by atoms with E-state index in [1.807, 2.05) is 0 Å². The number of rotatable bonds is 4. The average Bonchev–Trinajstić information content (AvgIpc) is 2.16. The van der Waals surface area contributed by atoms with Crippen molar-refractivity contribution in [3.05, 3.63) is 0 Å². The monoisotopic (exact) mass is 228 g/mol. The Labute approximate surface area is 101 Å². The maximum absolute atomic E-state index is 5.93. The van der Waals surface area contributed by atoms with Crippen LogP contribution >= 0.6 is 0 Å². The molecule has 2 unspecified atom stereocenters. The molecule has 0 aromatic carbocycles. The lowest BCUT2D eigenvalue weighted by Gasteiger charge is -2.41. The van der Waals surface area contributed by atoms with Gasteiger partial charge >= 0.3 is 0 Å². The van der Waals surface area contributed by atoms with Crippen LogP contribution in [0.25, 0.3) is 0 Å². The maximum atomic E-state index is 5.93. The molecule has 0 aliphatic carbocycles. The number of hydrogen-bond acceptors (Lipinski definition) is 3.